The number of nitrogens with zero attached hydrogens (tertiary/aromatic N) is 1. The minimum Gasteiger partial charge on any atom is -0.507 e. The highest BCUT2D eigenvalue weighted by atomic mass is 35.5. The van der Waals surface area contributed by atoms with E-state index in [4.69, 9.17) is 21.1 Å². The number of hydrogen-bond acceptors (Lipinski definition) is 7. The van der Waals surface area contributed by atoms with Crippen LogP contribution in [0.15, 0.2) is 66.2 Å². The first-order valence-corrected chi connectivity index (χ1v) is 12.1. The van der Waals surface area contributed by atoms with Crippen LogP contribution in [0, 0.1) is 0 Å². The molecule has 0 aliphatic carbocycles. The molecule has 1 heterocycles. The van der Waals surface area contributed by atoms with Gasteiger partial charge in [0, 0.05) is 10.6 Å². The van der Waals surface area contributed by atoms with E-state index in [1.165, 1.54) is 36.4 Å². The monoisotopic (exact) mass is 523 g/mol. The van der Waals surface area contributed by atoms with E-state index in [2.05, 4.69) is 0 Å². The second-order valence-electron chi connectivity index (χ2n) is 8.34. The average molecular weight is 524 g/mol. The van der Waals surface area contributed by atoms with Gasteiger partial charge >= 0.3 is 0 Å². The number of aromatic hydroxyl groups is 2. The Kier molecular flexibility index (Phi) is 7.59. The Labute approximate surface area is 218 Å². The van der Waals surface area contributed by atoms with E-state index >= 15 is 0 Å². The molecule has 3 aromatic carbocycles. The Bertz CT molecular complexity index is 1380. The second-order valence-corrected chi connectivity index (χ2v) is 8.78. The van der Waals surface area contributed by atoms with E-state index in [9.17, 15) is 24.9 Å². The number of aliphatic hydroxyl groups is 1. The van der Waals surface area contributed by atoms with Gasteiger partial charge in [-0.2, -0.15) is 0 Å². The van der Waals surface area contributed by atoms with E-state index in [1.54, 1.807) is 31.2 Å². The summed E-state index contributed by atoms with van der Waals surface area (Å²) in [4.78, 5) is 27.8. The number of phenols is 2. The number of carbonyl (C=O) groups excluding carboxylic acids is 2. The molecule has 1 aliphatic heterocycles. The quantitative estimate of drug-likeness (QED) is 0.201. The molecule has 4 rings (SSSR count). The third-order valence-electron chi connectivity index (χ3n) is 5.82. The van der Waals surface area contributed by atoms with Gasteiger partial charge in [0.25, 0.3) is 11.7 Å². The van der Waals surface area contributed by atoms with Crippen LogP contribution in [-0.4, -0.2) is 40.2 Å². The number of benzene rings is 3. The van der Waals surface area contributed by atoms with Gasteiger partial charge in [0.05, 0.1) is 30.5 Å². The van der Waals surface area contributed by atoms with Crippen LogP contribution < -0.4 is 14.4 Å². The number of aliphatic hydroxyl groups excluding tert-OH is 1. The molecule has 1 amide bonds. The summed E-state index contributed by atoms with van der Waals surface area (Å²) in [7, 11) is 0. The maximum atomic E-state index is 13.4. The molecule has 0 saturated carbocycles. The zero-order chi connectivity index (χ0) is 26.7. The number of ketones is 1. The van der Waals surface area contributed by atoms with Gasteiger partial charge in [-0.05, 0) is 61.4 Å². The molecule has 3 aromatic rings. The summed E-state index contributed by atoms with van der Waals surface area (Å²) in [5.74, 6) is -2.12. The molecule has 1 fully saturated rings. The zero-order valence-corrected chi connectivity index (χ0v) is 21.0. The predicted molar refractivity (Wildman–Crippen MR) is 139 cm³/mol. The van der Waals surface area contributed by atoms with Crippen molar-refractivity contribution in [3.8, 4) is 23.0 Å². The summed E-state index contributed by atoms with van der Waals surface area (Å²) in [6.45, 7) is 4.44. The molecule has 3 N–H and O–H groups in total. The first kappa shape index (κ1) is 25.9. The number of halogens is 1. The highest BCUT2D eigenvalue weighted by Crippen LogP contribution is 2.46. The highest BCUT2D eigenvalue weighted by molar-refractivity contribution is 6.52. The van der Waals surface area contributed by atoms with Gasteiger partial charge in [-0.1, -0.05) is 36.7 Å². The lowest BCUT2D eigenvalue weighted by Gasteiger charge is -2.26. The van der Waals surface area contributed by atoms with Crippen LogP contribution in [0.5, 0.6) is 23.0 Å². The van der Waals surface area contributed by atoms with Gasteiger partial charge in [-0.3, -0.25) is 14.5 Å². The lowest BCUT2D eigenvalue weighted by atomic mass is 9.94. The SMILES string of the molecule is CCCOc1cccc(/C(O)=C2\C(=O)C(=O)N(c3cc(Cl)ccc3O)C2c2ccc(O)c(OCC)c2)c1. The topological polar surface area (TPSA) is 117 Å². The van der Waals surface area contributed by atoms with Gasteiger partial charge in [0.15, 0.2) is 11.5 Å². The van der Waals surface area contributed by atoms with Crippen LogP contribution in [-0.2, 0) is 9.59 Å². The van der Waals surface area contributed by atoms with Crippen molar-refractivity contribution in [3.05, 3.63) is 82.4 Å². The van der Waals surface area contributed by atoms with Crippen LogP contribution in [0.4, 0.5) is 5.69 Å². The maximum Gasteiger partial charge on any atom is 0.300 e. The van der Waals surface area contributed by atoms with Crippen LogP contribution in [0.25, 0.3) is 5.76 Å². The minimum absolute atomic E-state index is 0.00952. The summed E-state index contributed by atoms with van der Waals surface area (Å²) >= 11 is 6.15. The van der Waals surface area contributed by atoms with Gasteiger partial charge in [0.2, 0.25) is 0 Å². The summed E-state index contributed by atoms with van der Waals surface area (Å²) in [5.41, 5.74) is 0.422. The standard InChI is InChI=1S/C28H26ClNO7/c1-3-12-37-19-7-5-6-17(13-19)26(33)24-25(16-8-10-22(32)23(14-16)36-4-2)30(28(35)27(24)34)20-15-18(29)9-11-21(20)31/h5-11,13-15,25,31-33H,3-4,12H2,1-2H3/b26-24+. The van der Waals surface area contributed by atoms with Crippen molar-refractivity contribution in [1.29, 1.82) is 0 Å². The number of carbonyl (C=O) groups is 2. The largest absolute Gasteiger partial charge is 0.507 e. The summed E-state index contributed by atoms with van der Waals surface area (Å²) < 4.78 is 11.2. The van der Waals surface area contributed by atoms with Crippen molar-refractivity contribution in [2.24, 2.45) is 0 Å². The first-order chi connectivity index (χ1) is 17.8. The molecular formula is C28H26ClNO7. The smallest absolute Gasteiger partial charge is 0.300 e. The van der Waals surface area contributed by atoms with E-state index in [0.29, 0.717) is 17.9 Å². The lowest BCUT2D eigenvalue weighted by molar-refractivity contribution is -0.132. The van der Waals surface area contributed by atoms with Gasteiger partial charge in [-0.25, -0.2) is 0 Å². The van der Waals surface area contributed by atoms with Gasteiger partial charge in [-0.15, -0.1) is 0 Å². The number of phenolic OH excluding ortho intramolecular Hbond substituents is 2. The molecule has 1 unspecified atom stereocenters. The van der Waals surface area contributed by atoms with E-state index in [-0.39, 0.29) is 45.7 Å². The normalized spacial score (nSPS) is 16.7. The Morgan fingerprint density at radius 1 is 0.973 bits per heavy atom. The van der Waals surface area contributed by atoms with E-state index < -0.39 is 23.5 Å². The molecule has 9 heteroatoms. The van der Waals surface area contributed by atoms with Crippen LogP contribution in [0.1, 0.15) is 37.4 Å². The molecule has 1 saturated heterocycles. The maximum absolute atomic E-state index is 13.4. The average Bonchev–Trinajstić information content (AvgIpc) is 3.15. The molecule has 0 radical (unpaired) electrons. The summed E-state index contributed by atoms with van der Waals surface area (Å²) in [5, 5.41) is 32.4. The minimum atomic E-state index is -1.16. The fourth-order valence-corrected chi connectivity index (χ4v) is 4.33. The summed E-state index contributed by atoms with van der Waals surface area (Å²) in [6.07, 6.45) is 0.785. The highest BCUT2D eigenvalue weighted by Gasteiger charge is 2.48. The number of amides is 1. The van der Waals surface area contributed by atoms with Crippen molar-refractivity contribution in [2.45, 2.75) is 26.3 Å². The van der Waals surface area contributed by atoms with Crippen molar-refractivity contribution < 1.29 is 34.4 Å². The molecule has 37 heavy (non-hydrogen) atoms. The molecular weight excluding hydrogens is 498 g/mol. The number of ether oxygens (including phenoxy) is 2. The Hall–Kier alpha value is -4.17. The van der Waals surface area contributed by atoms with E-state index in [0.717, 1.165) is 11.3 Å². The zero-order valence-electron chi connectivity index (χ0n) is 20.3. The number of Topliss-reactive ketones (excluding diaryl/α,β-unsaturated/α-hetero) is 1. The van der Waals surface area contributed by atoms with Gasteiger partial charge in [0.1, 0.15) is 17.3 Å². The van der Waals surface area contributed by atoms with Crippen LogP contribution in [0.2, 0.25) is 5.02 Å². The number of hydrogen-bond donors (Lipinski definition) is 3. The molecule has 0 spiro atoms. The Balaban J connectivity index is 1.95. The Morgan fingerprint density at radius 3 is 2.46 bits per heavy atom. The second kappa shape index (κ2) is 10.8. The van der Waals surface area contributed by atoms with Crippen molar-refractivity contribution in [3.63, 3.8) is 0 Å². The molecule has 192 valence electrons. The first-order valence-electron chi connectivity index (χ1n) is 11.7. The van der Waals surface area contributed by atoms with Crippen LogP contribution >= 0.6 is 11.6 Å². The van der Waals surface area contributed by atoms with Crippen molar-refractivity contribution in [2.75, 3.05) is 18.1 Å². The summed E-state index contributed by atoms with van der Waals surface area (Å²) in [6, 6.07) is 13.9. The van der Waals surface area contributed by atoms with E-state index in [1.807, 2.05) is 6.92 Å². The Morgan fingerprint density at radius 2 is 1.73 bits per heavy atom. The lowest BCUT2D eigenvalue weighted by Crippen LogP contribution is -2.29. The predicted octanol–water partition coefficient (Wildman–Crippen LogP) is 5.57. The number of rotatable bonds is 8. The fourth-order valence-electron chi connectivity index (χ4n) is 4.17. The molecule has 1 aliphatic rings. The fraction of sp³-hybridized carbons (Fsp3) is 0.214. The third kappa shape index (κ3) is 5.06. The van der Waals surface area contributed by atoms with Gasteiger partial charge < -0.3 is 24.8 Å². The molecule has 0 aromatic heterocycles. The number of anilines is 1. The third-order valence-corrected chi connectivity index (χ3v) is 6.06. The van der Waals surface area contributed by atoms with Crippen molar-refractivity contribution >= 4 is 34.7 Å². The van der Waals surface area contributed by atoms with Crippen LogP contribution in [0.3, 0.4) is 0 Å². The molecule has 8 nitrogen and oxygen atoms in total. The van der Waals surface area contributed by atoms with Crippen molar-refractivity contribution in [1.82, 2.24) is 0 Å². The molecule has 1 atom stereocenters. The molecule has 0 bridgehead atoms.